The average molecular weight is 292 g/mol. The van der Waals surface area contributed by atoms with Crippen molar-refractivity contribution in [1.82, 2.24) is 5.43 Å². The van der Waals surface area contributed by atoms with Crippen LogP contribution in [0.3, 0.4) is 0 Å². The third-order valence-electron chi connectivity index (χ3n) is 2.77. The monoisotopic (exact) mass is 292 g/mol. The summed E-state index contributed by atoms with van der Waals surface area (Å²) in [5, 5.41) is 0.450. The van der Waals surface area contributed by atoms with Crippen molar-refractivity contribution in [2.24, 2.45) is 5.84 Å². The maximum atomic E-state index is 12.6. The Balaban J connectivity index is 2.93. The van der Waals surface area contributed by atoms with E-state index in [1.54, 1.807) is 18.7 Å². The Morgan fingerprint density at radius 2 is 1.95 bits per heavy atom. The molecule has 1 unspecified atom stereocenters. The van der Waals surface area contributed by atoms with E-state index in [0.29, 0.717) is 10.8 Å². The molecule has 1 atom stereocenters. The van der Waals surface area contributed by atoms with E-state index in [1.807, 2.05) is 0 Å². The van der Waals surface area contributed by atoms with Gasteiger partial charge in [0.2, 0.25) is 0 Å². The number of nitrogens with one attached hydrogen (secondary N) is 1. The lowest BCUT2D eigenvalue weighted by atomic mass is 10.00. The lowest BCUT2D eigenvalue weighted by molar-refractivity contribution is -0.137. The smallest absolute Gasteiger partial charge is 0.271 e. The van der Waals surface area contributed by atoms with Crippen LogP contribution in [-0.4, -0.2) is 11.0 Å². The number of thioether (sulfide) groups is 1. The number of hydrogen-bond donors (Lipinski definition) is 2. The van der Waals surface area contributed by atoms with Crippen LogP contribution in [0.1, 0.15) is 36.6 Å². The fourth-order valence-electron chi connectivity index (χ4n) is 1.76. The van der Waals surface area contributed by atoms with E-state index in [-0.39, 0.29) is 6.04 Å². The molecular formula is C13H19F3N2S. The highest BCUT2D eigenvalue weighted by atomic mass is 32.2. The van der Waals surface area contributed by atoms with E-state index < -0.39 is 11.7 Å². The molecule has 0 radical (unpaired) electrons. The third-order valence-corrected chi connectivity index (χ3v) is 3.96. The first-order valence-corrected chi connectivity index (χ1v) is 7.06. The molecule has 0 saturated heterocycles. The second kappa shape index (κ2) is 6.63. The van der Waals surface area contributed by atoms with Gasteiger partial charge in [0.1, 0.15) is 0 Å². The van der Waals surface area contributed by atoms with Gasteiger partial charge in [-0.3, -0.25) is 11.3 Å². The molecule has 2 nitrogen and oxygen atoms in total. The van der Waals surface area contributed by atoms with Gasteiger partial charge in [0.15, 0.2) is 0 Å². The number of hydrogen-bond acceptors (Lipinski definition) is 3. The zero-order valence-corrected chi connectivity index (χ0v) is 12.0. The fraction of sp³-hybridized carbons (Fsp3) is 0.538. The highest BCUT2D eigenvalue weighted by molar-refractivity contribution is 7.99. The standard InChI is InChI=1S/C13H19F3N2S/c1-8(2)19-7-12(18-17)11-5-4-10(6-9(11)3)13(14,15)16/h4-6,8,12,18H,7,17H2,1-3H3. The molecule has 1 aromatic carbocycles. The molecule has 0 fully saturated rings. The average Bonchev–Trinajstić information content (AvgIpc) is 2.29. The molecule has 19 heavy (non-hydrogen) atoms. The molecular weight excluding hydrogens is 273 g/mol. The van der Waals surface area contributed by atoms with Gasteiger partial charge in [0, 0.05) is 5.75 Å². The van der Waals surface area contributed by atoms with Gasteiger partial charge in [-0.2, -0.15) is 24.9 Å². The molecule has 1 aromatic rings. The Bertz CT molecular complexity index is 419. The van der Waals surface area contributed by atoms with Crippen LogP contribution in [0.25, 0.3) is 0 Å². The van der Waals surface area contributed by atoms with Gasteiger partial charge in [0.05, 0.1) is 11.6 Å². The lowest BCUT2D eigenvalue weighted by Gasteiger charge is -2.20. The number of benzene rings is 1. The first kappa shape index (κ1) is 16.3. The number of halogens is 3. The van der Waals surface area contributed by atoms with Gasteiger partial charge in [0.25, 0.3) is 0 Å². The molecule has 0 saturated carbocycles. The molecule has 0 heterocycles. The van der Waals surface area contributed by atoms with E-state index in [4.69, 9.17) is 5.84 Å². The summed E-state index contributed by atoms with van der Waals surface area (Å²) in [7, 11) is 0. The van der Waals surface area contributed by atoms with Crippen LogP contribution in [0, 0.1) is 6.92 Å². The summed E-state index contributed by atoms with van der Waals surface area (Å²) in [5.41, 5.74) is 3.45. The normalized spacial score (nSPS) is 13.9. The first-order chi connectivity index (χ1) is 8.75. The first-order valence-electron chi connectivity index (χ1n) is 6.01. The minimum Gasteiger partial charge on any atom is -0.271 e. The highest BCUT2D eigenvalue weighted by Crippen LogP contribution is 2.32. The molecule has 0 spiro atoms. The largest absolute Gasteiger partial charge is 0.416 e. The lowest BCUT2D eigenvalue weighted by Crippen LogP contribution is -2.30. The van der Waals surface area contributed by atoms with Crippen LogP contribution in [0.2, 0.25) is 0 Å². The third kappa shape index (κ3) is 4.71. The van der Waals surface area contributed by atoms with Crippen molar-refractivity contribution >= 4 is 11.8 Å². The zero-order chi connectivity index (χ0) is 14.6. The Morgan fingerprint density at radius 1 is 1.32 bits per heavy atom. The van der Waals surface area contributed by atoms with Crippen molar-refractivity contribution < 1.29 is 13.2 Å². The summed E-state index contributed by atoms with van der Waals surface area (Å²) in [6.45, 7) is 5.81. The minimum atomic E-state index is -4.30. The SMILES string of the molecule is Cc1cc(C(F)(F)F)ccc1C(CSC(C)C)NN. The van der Waals surface area contributed by atoms with Crippen LogP contribution in [0.4, 0.5) is 13.2 Å². The van der Waals surface area contributed by atoms with Crippen LogP contribution in [0.5, 0.6) is 0 Å². The van der Waals surface area contributed by atoms with Crippen molar-refractivity contribution in [2.45, 2.75) is 38.2 Å². The molecule has 1 rings (SSSR count). The Hall–Kier alpha value is -0.720. The van der Waals surface area contributed by atoms with E-state index in [2.05, 4.69) is 19.3 Å². The molecule has 6 heteroatoms. The number of rotatable bonds is 5. The summed E-state index contributed by atoms with van der Waals surface area (Å²) < 4.78 is 37.8. The quantitative estimate of drug-likeness (QED) is 0.642. The number of nitrogens with two attached hydrogens (primary N) is 1. The van der Waals surface area contributed by atoms with E-state index in [1.165, 1.54) is 12.1 Å². The molecule has 3 N–H and O–H groups in total. The molecule has 108 valence electrons. The van der Waals surface area contributed by atoms with Gasteiger partial charge in [-0.15, -0.1) is 0 Å². The van der Waals surface area contributed by atoms with Crippen LogP contribution >= 0.6 is 11.8 Å². The van der Waals surface area contributed by atoms with Crippen molar-refractivity contribution in [3.63, 3.8) is 0 Å². The Labute approximate surface area is 115 Å². The van der Waals surface area contributed by atoms with Gasteiger partial charge in [-0.25, -0.2) is 0 Å². The molecule has 0 amide bonds. The molecule has 0 aliphatic carbocycles. The van der Waals surface area contributed by atoms with Gasteiger partial charge >= 0.3 is 6.18 Å². The minimum absolute atomic E-state index is 0.144. The number of hydrazine groups is 1. The maximum absolute atomic E-state index is 12.6. The topological polar surface area (TPSA) is 38.0 Å². The zero-order valence-electron chi connectivity index (χ0n) is 11.2. The van der Waals surface area contributed by atoms with Crippen molar-refractivity contribution in [3.8, 4) is 0 Å². The van der Waals surface area contributed by atoms with Crippen molar-refractivity contribution in [3.05, 3.63) is 34.9 Å². The second-order valence-electron chi connectivity index (χ2n) is 4.67. The van der Waals surface area contributed by atoms with Crippen LogP contribution in [-0.2, 0) is 6.18 Å². The predicted octanol–water partition coefficient (Wildman–Crippen LogP) is 3.66. The molecule has 0 bridgehead atoms. The second-order valence-corrected chi connectivity index (χ2v) is 6.28. The van der Waals surface area contributed by atoms with Gasteiger partial charge < -0.3 is 0 Å². The van der Waals surface area contributed by atoms with Crippen LogP contribution in [0.15, 0.2) is 18.2 Å². The van der Waals surface area contributed by atoms with E-state index in [9.17, 15) is 13.2 Å². The predicted molar refractivity (Wildman–Crippen MR) is 73.8 cm³/mol. The van der Waals surface area contributed by atoms with Gasteiger partial charge in [-0.1, -0.05) is 19.9 Å². The Kier molecular flexibility index (Phi) is 5.70. The summed E-state index contributed by atoms with van der Waals surface area (Å²) in [4.78, 5) is 0. The molecule has 0 aliphatic rings. The fourth-order valence-corrected chi connectivity index (χ4v) is 2.61. The molecule has 0 aliphatic heterocycles. The maximum Gasteiger partial charge on any atom is 0.416 e. The summed E-state index contributed by atoms with van der Waals surface area (Å²) in [6.07, 6.45) is -4.30. The van der Waals surface area contributed by atoms with E-state index >= 15 is 0 Å². The Morgan fingerprint density at radius 3 is 2.37 bits per heavy atom. The van der Waals surface area contributed by atoms with Gasteiger partial charge in [-0.05, 0) is 35.4 Å². The number of alkyl halides is 3. The highest BCUT2D eigenvalue weighted by Gasteiger charge is 2.31. The van der Waals surface area contributed by atoms with Crippen molar-refractivity contribution in [1.29, 1.82) is 0 Å². The van der Waals surface area contributed by atoms with Crippen molar-refractivity contribution in [2.75, 3.05) is 5.75 Å². The summed E-state index contributed by atoms with van der Waals surface area (Å²) in [6, 6.07) is 3.63. The molecule has 0 aromatic heterocycles. The number of aryl methyl sites for hydroxylation is 1. The van der Waals surface area contributed by atoms with E-state index in [0.717, 1.165) is 17.4 Å². The summed E-state index contributed by atoms with van der Waals surface area (Å²) in [5.74, 6) is 6.22. The summed E-state index contributed by atoms with van der Waals surface area (Å²) >= 11 is 1.71. The van der Waals surface area contributed by atoms with Crippen LogP contribution < -0.4 is 11.3 Å².